The first kappa shape index (κ1) is 17.0. The van der Waals surface area contributed by atoms with Gasteiger partial charge in [0.05, 0.1) is 0 Å². The molecular formula is C19H27N3O2. The first-order valence-corrected chi connectivity index (χ1v) is 8.81. The summed E-state index contributed by atoms with van der Waals surface area (Å²) in [5.74, 6) is 0.0942. The third-order valence-electron chi connectivity index (χ3n) is 5.33. The minimum absolute atomic E-state index is 0.0208. The first-order chi connectivity index (χ1) is 11.4. The van der Waals surface area contributed by atoms with Crippen molar-refractivity contribution in [1.82, 2.24) is 10.2 Å². The van der Waals surface area contributed by atoms with E-state index in [2.05, 4.69) is 24.1 Å². The Labute approximate surface area is 144 Å². The van der Waals surface area contributed by atoms with Gasteiger partial charge in [-0.25, -0.2) is 0 Å². The topological polar surface area (TPSA) is 52.7 Å². The van der Waals surface area contributed by atoms with Crippen LogP contribution in [0.1, 0.15) is 49.0 Å². The highest BCUT2D eigenvalue weighted by Gasteiger charge is 2.29. The van der Waals surface area contributed by atoms with E-state index in [-0.39, 0.29) is 17.4 Å². The van der Waals surface area contributed by atoms with Crippen LogP contribution in [0.2, 0.25) is 0 Å². The second-order valence-corrected chi connectivity index (χ2v) is 7.49. The number of hydrogen-bond acceptors (Lipinski definition) is 3. The van der Waals surface area contributed by atoms with Gasteiger partial charge in [0, 0.05) is 36.8 Å². The van der Waals surface area contributed by atoms with Crippen LogP contribution in [0, 0.1) is 0 Å². The summed E-state index contributed by atoms with van der Waals surface area (Å²) >= 11 is 0. The second-order valence-electron chi connectivity index (χ2n) is 7.49. The van der Waals surface area contributed by atoms with E-state index in [4.69, 9.17) is 0 Å². The third kappa shape index (κ3) is 3.31. The van der Waals surface area contributed by atoms with Crippen molar-refractivity contribution in [2.75, 3.05) is 31.6 Å². The van der Waals surface area contributed by atoms with Crippen molar-refractivity contribution in [1.29, 1.82) is 0 Å². The molecule has 5 heteroatoms. The Morgan fingerprint density at radius 1 is 1.21 bits per heavy atom. The molecule has 2 aliphatic heterocycles. The summed E-state index contributed by atoms with van der Waals surface area (Å²) in [7, 11) is 1.79. The Balaban J connectivity index is 1.66. The molecule has 1 fully saturated rings. The summed E-state index contributed by atoms with van der Waals surface area (Å²) in [6.07, 6.45) is 3.71. The molecule has 2 amide bonds. The normalized spacial score (nSPS) is 18.6. The molecular weight excluding hydrogens is 302 g/mol. The molecule has 130 valence electrons. The molecule has 0 aromatic heterocycles. The zero-order valence-electron chi connectivity index (χ0n) is 14.9. The van der Waals surface area contributed by atoms with Crippen LogP contribution in [-0.2, 0) is 11.2 Å². The van der Waals surface area contributed by atoms with Crippen molar-refractivity contribution in [2.45, 2.75) is 45.1 Å². The number of anilines is 1. The van der Waals surface area contributed by atoms with Crippen molar-refractivity contribution >= 4 is 17.5 Å². The predicted molar refractivity (Wildman–Crippen MR) is 95.4 cm³/mol. The number of carbonyl (C=O) groups excluding carboxylic acids is 2. The molecule has 0 radical (unpaired) electrons. The average Bonchev–Trinajstić information content (AvgIpc) is 3.11. The Morgan fingerprint density at radius 3 is 2.62 bits per heavy atom. The molecule has 0 unspecified atom stereocenters. The van der Waals surface area contributed by atoms with Crippen molar-refractivity contribution in [3.05, 3.63) is 29.3 Å². The molecule has 2 heterocycles. The van der Waals surface area contributed by atoms with Crippen LogP contribution in [0.4, 0.5) is 5.69 Å². The molecule has 5 nitrogen and oxygen atoms in total. The van der Waals surface area contributed by atoms with Crippen LogP contribution < -0.4 is 10.2 Å². The lowest BCUT2D eigenvalue weighted by molar-refractivity contribution is -0.118. The molecule has 0 saturated carbocycles. The van der Waals surface area contributed by atoms with Crippen LogP contribution in [0.25, 0.3) is 0 Å². The van der Waals surface area contributed by atoms with Crippen LogP contribution in [-0.4, -0.2) is 48.9 Å². The molecule has 1 aromatic carbocycles. The minimum atomic E-state index is -0.0374. The van der Waals surface area contributed by atoms with E-state index in [9.17, 15) is 9.59 Å². The van der Waals surface area contributed by atoms with Gasteiger partial charge in [-0.2, -0.15) is 0 Å². The summed E-state index contributed by atoms with van der Waals surface area (Å²) in [5.41, 5.74) is 2.64. The maximum Gasteiger partial charge on any atom is 0.251 e. The summed E-state index contributed by atoms with van der Waals surface area (Å²) in [5, 5.41) is 3.08. The molecule has 1 aromatic rings. The van der Waals surface area contributed by atoms with Gasteiger partial charge in [0.25, 0.3) is 5.91 Å². The molecule has 2 aliphatic rings. The predicted octanol–water partition coefficient (Wildman–Crippen LogP) is 2.20. The van der Waals surface area contributed by atoms with Crippen LogP contribution in [0.3, 0.4) is 0 Å². The maximum atomic E-state index is 12.5. The molecule has 0 spiro atoms. The zero-order chi connectivity index (χ0) is 17.3. The van der Waals surface area contributed by atoms with E-state index in [1.807, 2.05) is 18.2 Å². The molecule has 1 N–H and O–H groups in total. The van der Waals surface area contributed by atoms with Crippen LogP contribution >= 0.6 is 0 Å². The van der Waals surface area contributed by atoms with Crippen molar-refractivity contribution in [3.8, 4) is 0 Å². The number of aryl methyl sites for hydroxylation is 1. The van der Waals surface area contributed by atoms with Gasteiger partial charge in [-0.1, -0.05) is 0 Å². The standard InChI is InChI=1S/C19H27N3O2/c1-19(2,22-10-4-5-11-22)13-20-18(24)15-6-8-16-14(12-15)7-9-17(23)21(16)3/h6,8,12H,4-5,7,9-11,13H2,1-3H3,(H,20,24). The molecule has 0 atom stereocenters. The smallest absolute Gasteiger partial charge is 0.251 e. The average molecular weight is 329 g/mol. The van der Waals surface area contributed by atoms with Gasteiger partial charge < -0.3 is 10.2 Å². The van der Waals surface area contributed by atoms with Crippen LogP contribution in [0.15, 0.2) is 18.2 Å². The summed E-state index contributed by atoms with van der Waals surface area (Å²) in [6, 6.07) is 5.62. The monoisotopic (exact) mass is 329 g/mol. The van der Waals surface area contributed by atoms with Gasteiger partial charge in [0.2, 0.25) is 5.91 Å². The SMILES string of the molecule is CN1C(=O)CCc2cc(C(=O)NCC(C)(C)N3CCCC3)ccc21. The van der Waals surface area contributed by atoms with E-state index < -0.39 is 0 Å². The van der Waals surface area contributed by atoms with Gasteiger partial charge in [-0.3, -0.25) is 14.5 Å². The van der Waals surface area contributed by atoms with Gasteiger partial charge in [-0.15, -0.1) is 0 Å². The number of nitrogens with zero attached hydrogens (tertiary/aromatic N) is 2. The van der Waals surface area contributed by atoms with Gasteiger partial charge in [-0.05, 0) is 70.0 Å². The van der Waals surface area contributed by atoms with E-state index >= 15 is 0 Å². The number of amides is 2. The minimum Gasteiger partial charge on any atom is -0.350 e. The van der Waals surface area contributed by atoms with E-state index in [0.717, 1.165) is 24.3 Å². The highest BCUT2D eigenvalue weighted by Crippen LogP contribution is 2.27. The number of benzene rings is 1. The molecule has 0 aliphatic carbocycles. The first-order valence-electron chi connectivity index (χ1n) is 8.81. The lowest BCUT2D eigenvalue weighted by Gasteiger charge is -2.35. The Kier molecular flexibility index (Phi) is 4.63. The largest absolute Gasteiger partial charge is 0.350 e. The summed E-state index contributed by atoms with van der Waals surface area (Å²) in [6.45, 7) is 7.24. The molecule has 1 saturated heterocycles. The number of rotatable bonds is 4. The second kappa shape index (κ2) is 6.55. The van der Waals surface area contributed by atoms with Crippen molar-refractivity contribution < 1.29 is 9.59 Å². The quantitative estimate of drug-likeness (QED) is 0.921. The summed E-state index contributed by atoms with van der Waals surface area (Å²) < 4.78 is 0. The fourth-order valence-electron chi connectivity index (χ4n) is 3.63. The van der Waals surface area contributed by atoms with Crippen LogP contribution in [0.5, 0.6) is 0 Å². The number of hydrogen-bond donors (Lipinski definition) is 1. The van der Waals surface area contributed by atoms with Gasteiger partial charge in [0.15, 0.2) is 0 Å². The number of nitrogens with one attached hydrogen (secondary N) is 1. The third-order valence-corrected chi connectivity index (χ3v) is 5.33. The lowest BCUT2D eigenvalue weighted by atomic mass is 9.98. The highest BCUT2D eigenvalue weighted by atomic mass is 16.2. The Bertz CT molecular complexity index is 648. The van der Waals surface area contributed by atoms with E-state index in [0.29, 0.717) is 24.9 Å². The van der Waals surface area contributed by atoms with Gasteiger partial charge in [0.1, 0.15) is 0 Å². The number of likely N-dealkylation sites (tertiary alicyclic amines) is 1. The number of carbonyl (C=O) groups is 2. The number of fused-ring (bicyclic) bond motifs is 1. The lowest BCUT2D eigenvalue weighted by Crippen LogP contribution is -2.50. The van der Waals surface area contributed by atoms with Crippen molar-refractivity contribution in [3.63, 3.8) is 0 Å². The zero-order valence-corrected chi connectivity index (χ0v) is 14.9. The molecule has 0 bridgehead atoms. The Hall–Kier alpha value is -1.88. The van der Waals surface area contributed by atoms with Gasteiger partial charge >= 0.3 is 0 Å². The fraction of sp³-hybridized carbons (Fsp3) is 0.579. The van der Waals surface area contributed by atoms with E-state index in [1.54, 1.807) is 11.9 Å². The maximum absolute atomic E-state index is 12.5. The highest BCUT2D eigenvalue weighted by molar-refractivity contribution is 5.98. The molecule has 3 rings (SSSR count). The molecule has 24 heavy (non-hydrogen) atoms. The van der Waals surface area contributed by atoms with E-state index in [1.165, 1.54) is 12.8 Å². The van der Waals surface area contributed by atoms with Crippen molar-refractivity contribution in [2.24, 2.45) is 0 Å². The fourth-order valence-corrected chi connectivity index (χ4v) is 3.63. The summed E-state index contributed by atoms with van der Waals surface area (Å²) in [4.78, 5) is 28.4. The Morgan fingerprint density at radius 2 is 1.92 bits per heavy atom.